The molecule has 0 bridgehead atoms. The maximum absolute atomic E-state index is 13.6. The van der Waals surface area contributed by atoms with Gasteiger partial charge in [-0.3, -0.25) is 25.0 Å². The highest BCUT2D eigenvalue weighted by molar-refractivity contribution is 6.23. The third-order valence-electron chi connectivity index (χ3n) is 9.11. The van der Waals surface area contributed by atoms with Gasteiger partial charge in [0.25, 0.3) is 23.7 Å². The number of rotatable bonds is 8. The van der Waals surface area contributed by atoms with E-state index in [1.807, 2.05) is 6.07 Å². The van der Waals surface area contributed by atoms with E-state index in [1.165, 1.54) is 4.80 Å². The van der Waals surface area contributed by atoms with Crippen LogP contribution in [0.2, 0.25) is 0 Å². The zero-order valence-corrected chi connectivity index (χ0v) is 25.2. The van der Waals surface area contributed by atoms with Gasteiger partial charge in [-0.25, -0.2) is 4.79 Å². The number of nitrogens with zero attached hydrogens (tertiary/aromatic N) is 4. The summed E-state index contributed by atoms with van der Waals surface area (Å²) < 4.78 is 0. The van der Waals surface area contributed by atoms with Crippen LogP contribution in [-0.4, -0.2) is 44.0 Å². The van der Waals surface area contributed by atoms with Crippen molar-refractivity contribution in [3.8, 4) is 0 Å². The molecule has 2 heterocycles. The topological polar surface area (TPSA) is 160 Å². The Kier molecular flexibility index (Phi) is 7.91. The van der Waals surface area contributed by atoms with Gasteiger partial charge in [0.05, 0.1) is 11.1 Å². The van der Waals surface area contributed by atoms with Crippen molar-refractivity contribution in [1.82, 2.24) is 30.8 Å². The molecule has 12 nitrogen and oxygen atoms in total. The van der Waals surface area contributed by atoms with E-state index in [4.69, 9.17) is 0 Å². The van der Waals surface area contributed by atoms with Gasteiger partial charge in [0, 0.05) is 17.2 Å². The summed E-state index contributed by atoms with van der Waals surface area (Å²) >= 11 is 0. The van der Waals surface area contributed by atoms with Crippen molar-refractivity contribution in [3.05, 3.63) is 64.7 Å². The third kappa shape index (κ3) is 6.34. The van der Waals surface area contributed by atoms with Crippen LogP contribution in [0.4, 0.5) is 16.4 Å². The van der Waals surface area contributed by atoms with Crippen molar-refractivity contribution in [2.45, 2.75) is 71.9 Å². The molecule has 230 valence electrons. The summed E-state index contributed by atoms with van der Waals surface area (Å²) in [6, 6.07) is 11.5. The molecule has 0 spiro atoms. The van der Waals surface area contributed by atoms with E-state index in [0.29, 0.717) is 46.2 Å². The van der Waals surface area contributed by atoms with Gasteiger partial charge in [0.1, 0.15) is 6.17 Å². The number of aromatic nitrogens is 4. The van der Waals surface area contributed by atoms with Crippen LogP contribution in [-0.2, 0) is 6.42 Å². The lowest BCUT2D eigenvalue weighted by Crippen LogP contribution is -2.42. The molecule has 0 saturated heterocycles. The second kappa shape index (κ2) is 11.8. The third-order valence-corrected chi connectivity index (χ3v) is 9.11. The Balaban J connectivity index is 1.23. The molecule has 2 fully saturated rings. The van der Waals surface area contributed by atoms with Crippen LogP contribution in [0.5, 0.6) is 0 Å². The average Bonchev–Trinajstić information content (AvgIpc) is 3.62. The predicted octanol–water partition coefficient (Wildman–Crippen LogP) is 4.93. The van der Waals surface area contributed by atoms with Crippen LogP contribution in [0.15, 0.2) is 42.5 Å². The molecule has 0 radical (unpaired) electrons. The van der Waals surface area contributed by atoms with Gasteiger partial charge in [-0.2, -0.15) is 0 Å². The van der Waals surface area contributed by atoms with Gasteiger partial charge in [-0.05, 0) is 97.2 Å². The molecule has 44 heavy (non-hydrogen) atoms. The summed E-state index contributed by atoms with van der Waals surface area (Å²) in [5.74, 6) is -0.172. The van der Waals surface area contributed by atoms with E-state index < -0.39 is 24.0 Å². The summed E-state index contributed by atoms with van der Waals surface area (Å²) in [6.45, 7) is 6.77. The van der Waals surface area contributed by atoms with Crippen LogP contribution in [0.25, 0.3) is 0 Å². The number of carbonyl (C=O) groups is 4. The molecule has 6 rings (SSSR count). The smallest absolute Gasteiger partial charge is 0.314 e. The Hall–Kier alpha value is -4.61. The number of tetrazole rings is 1. The molecule has 2 aromatic carbocycles. The van der Waals surface area contributed by atoms with Crippen LogP contribution in [0, 0.1) is 23.2 Å². The predicted molar refractivity (Wildman–Crippen MR) is 163 cm³/mol. The number of amides is 5. The number of hydrogen-bond acceptors (Lipinski definition) is 7. The summed E-state index contributed by atoms with van der Waals surface area (Å²) in [7, 11) is 0. The van der Waals surface area contributed by atoms with Crippen LogP contribution < -0.4 is 21.3 Å². The SMILES string of the molecule is CC(C)(C)C1CCC(C(NC(=O)Nc2ccc3c(c2CC2CC2)C(=O)NC3=O)n2nnc(NC(=O)c3ccccc3)n2)CC1. The second-order valence-electron chi connectivity index (χ2n) is 13.2. The van der Waals surface area contributed by atoms with Gasteiger partial charge in [0.2, 0.25) is 0 Å². The Morgan fingerprint density at radius 1 is 0.955 bits per heavy atom. The fourth-order valence-corrected chi connectivity index (χ4v) is 6.38. The van der Waals surface area contributed by atoms with E-state index in [0.717, 1.165) is 38.5 Å². The van der Waals surface area contributed by atoms with Crippen molar-refractivity contribution >= 4 is 35.4 Å². The largest absolute Gasteiger partial charge is 0.320 e. The van der Waals surface area contributed by atoms with E-state index in [1.54, 1.807) is 36.4 Å². The molecule has 12 heteroatoms. The fraction of sp³-hybridized carbons (Fsp3) is 0.469. The number of hydrogen-bond donors (Lipinski definition) is 4. The van der Waals surface area contributed by atoms with Crippen molar-refractivity contribution in [1.29, 1.82) is 0 Å². The standard InChI is InChI=1S/C32H38N8O4/c1-32(2,3)21-13-11-19(12-14-21)26(40-38-30(37-39-40)36-27(41)20-7-5-4-6-8-20)34-31(44)33-24-16-15-22-25(29(43)35-28(22)42)23(24)17-18-9-10-18/h4-8,15-16,18-19,21,26H,9-14,17H2,1-3H3,(H2,33,34,44)(H,35,42,43)(H,36,38,41). The summed E-state index contributed by atoms with van der Waals surface area (Å²) in [4.78, 5) is 52.6. The highest BCUT2D eigenvalue weighted by Crippen LogP contribution is 2.42. The van der Waals surface area contributed by atoms with Gasteiger partial charge < -0.3 is 10.6 Å². The molecule has 1 atom stereocenters. The molecule has 4 N–H and O–H groups in total. The van der Waals surface area contributed by atoms with Gasteiger partial charge >= 0.3 is 6.03 Å². The second-order valence-corrected chi connectivity index (χ2v) is 13.2. The zero-order chi connectivity index (χ0) is 31.0. The van der Waals surface area contributed by atoms with E-state index >= 15 is 0 Å². The molecule has 1 aromatic heterocycles. The number of imide groups is 1. The number of anilines is 2. The minimum atomic E-state index is -0.628. The first-order valence-corrected chi connectivity index (χ1v) is 15.3. The number of nitrogens with one attached hydrogen (secondary N) is 4. The first-order chi connectivity index (χ1) is 21.1. The Bertz CT molecular complexity index is 1580. The lowest BCUT2D eigenvalue weighted by Gasteiger charge is -2.39. The molecule has 5 amide bonds. The number of benzene rings is 2. The highest BCUT2D eigenvalue weighted by Gasteiger charge is 2.37. The molecule has 2 saturated carbocycles. The lowest BCUT2D eigenvalue weighted by atomic mass is 9.69. The van der Waals surface area contributed by atoms with Crippen LogP contribution >= 0.6 is 0 Å². The molecular weight excluding hydrogens is 560 g/mol. The lowest BCUT2D eigenvalue weighted by molar-refractivity contribution is 0.0878. The molecule has 3 aromatic rings. The average molecular weight is 599 g/mol. The van der Waals surface area contributed by atoms with E-state index in [9.17, 15) is 19.2 Å². The van der Waals surface area contributed by atoms with Crippen molar-refractivity contribution in [3.63, 3.8) is 0 Å². The van der Waals surface area contributed by atoms with Crippen LogP contribution in [0.3, 0.4) is 0 Å². The minimum absolute atomic E-state index is 0.0283. The molecule has 2 aliphatic carbocycles. The molecule has 1 unspecified atom stereocenters. The highest BCUT2D eigenvalue weighted by atomic mass is 16.2. The number of urea groups is 1. The summed E-state index contributed by atoms with van der Waals surface area (Å²) in [5.41, 5.74) is 2.50. The first kappa shape index (κ1) is 29.5. The summed E-state index contributed by atoms with van der Waals surface area (Å²) in [6.07, 6.45) is 5.78. The Morgan fingerprint density at radius 3 is 2.36 bits per heavy atom. The van der Waals surface area contributed by atoms with Gasteiger partial charge in [-0.1, -0.05) is 44.1 Å². The number of carbonyl (C=O) groups excluding carboxylic acids is 4. The normalized spacial score (nSPS) is 20.4. The maximum atomic E-state index is 13.6. The number of fused-ring (bicyclic) bond motifs is 1. The van der Waals surface area contributed by atoms with E-state index in [-0.39, 0.29) is 23.2 Å². The Morgan fingerprint density at radius 2 is 1.68 bits per heavy atom. The monoisotopic (exact) mass is 598 g/mol. The fourth-order valence-electron chi connectivity index (χ4n) is 6.38. The zero-order valence-electron chi connectivity index (χ0n) is 25.2. The quantitative estimate of drug-likeness (QED) is 0.267. The van der Waals surface area contributed by atoms with Crippen molar-refractivity contribution in [2.75, 3.05) is 10.6 Å². The molecular formula is C32H38N8O4. The van der Waals surface area contributed by atoms with Gasteiger partial charge in [0.15, 0.2) is 0 Å². The van der Waals surface area contributed by atoms with E-state index in [2.05, 4.69) is 57.4 Å². The Labute approximate surface area is 255 Å². The first-order valence-electron chi connectivity index (χ1n) is 15.3. The molecule has 3 aliphatic rings. The van der Waals surface area contributed by atoms with Gasteiger partial charge in [-0.15, -0.1) is 9.90 Å². The van der Waals surface area contributed by atoms with Crippen LogP contribution in [0.1, 0.15) is 102 Å². The maximum Gasteiger partial charge on any atom is 0.320 e. The minimum Gasteiger partial charge on any atom is -0.314 e. The van der Waals surface area contributed by atoms with Crippen molar-refractivity contribution in [2.24, 2.45) is 23.2 Å². The van der Waals surface area contributed by atoms with Crippen molar-refractivity contribution < 1.29 is 19.2 Å². The molecule has 1 aliphatic heterocycles. The summed E-state index contributed by atoms with van der Waals surface area (Å²) in [5, 5.41) is 23.8.